The van der Waals surface area contributed by atoms with Gasteiger partial charge in [-0.2, -0.15) is 0 Å². The van der Waals surface area contributed by atoms with E-state index in [2.05, 4.69) is 25.4 Å². The van der Waals surface area contributed by atoms with Crippen LogP contribution in [0.4, 0.5) is 16.3 Å². The Kier molecular flexibility index (Phi) is 7.87. The van der Waals surface area contributed by atoms with Gasteiger partial charge in [0.05, 0.1) is 31.5 Å². The molecule has 1 aromatic carbocycles. The van der Waals surface area contributed by atoms with Gasteiger partial charge in [0.1, 0.15) is 0 Å². The summed E-state index contributed by atoms with van der Waals surface area (Å²) in [5.41, 5.74) is 4.21. The fourth-order valence-corrected chi connectivity index (χ4v) is 24.4. The van der Waals surface area contributed by atoms with Crippen LogP contribution in [0.1, 0.15) is 24.1 Å². The topological polar surface area (TPSA) is 91.9 Å². The average molecular weight is 759 g/mol. The van der Waals surface area contributed by atoms with Crippen LogP contribution in [0, 0.1) is 0 Å². The molecule has 3 unspecified atom stereocenters. The Morgan fingerprint density at radius 3 is 2.64 bits per heavy atom. The summed E-state index contributed by atoms with van der Waals surface area (Å²) in [6.45, 7) is 6.15. The summed E-state index contributed by atoms with van der Waals surface area (Å²) in [5.74, 6) is 1.85. The van der Waals surface area contributed by atoms with Crippen LogP contribution < -0.4 is 36.7 Å². The molecule has 5 aliphatic heterocycles. The molecule has 5 aliphatic rings. The van der Waals surface area contributed by atoms with Crippen LogP contribution in [0.3, 0.4) is 0 Å². The van der Waals surface area contributed by atoms with E-state index in [9.17, 15) is 4.79 Å². The van der Waals surface area contributed by atoms with Gasteiger partial charge < -0.3 is 14.4 Å². The number of hydrogen-bond acceptors (Lipinski definition) is 7. The third-order valence-electron chi connectivity index (χ3n) is 8.47. The molecule has 0 radical (unpaired) electrons. The maximum absolute atomic E-state index is 12.5. The van der Waals surface area contributed by atoms with Gasteiger partial charge in [0.2, 0.25) is 0 Å². The summed E-state index contributed by atoms with van der Waals surface area (Å²) in [6.07, 6.45) is 3.87. The number of fused-ring (bicyclic) bond motifs is 3. The molecule has 4 saturated heterocycles. The number of hydrogen-bond donors (Lipinski definition) is 2. The van der Waals surface area contributed by atoms with Crippen molar-refractivity contribution in [1.82, 2.24) is 20.2 Å². The van der Waals surface area contributed by atoms with Gasteiger partial charge in [-0.1, -0.05) is 0 Å². The summed E-state index contributed by atoms with van der Waals surface area (Å²) in [5, 5.41) is 6.13. The third kappa shape index (κ3) is 5.75. The molecule has 0 aliphatic carbocycles. The van der Waals surface area contributed by atoms with Crippen LogP contribution >= 0.6 is 19.8 Å². The van der Waals surface area contributed by atoms with E-state index in [0.717, 1.165) is 97.7 Å². The Labute approximate surface area is 247 Å². The Balaban J connectivity index is 1.10. The van der Waals surface area contributed by atoms with Gasteiger partial charge >= 0.3 is 148 Å². The second-order valence-electron chi connectivity index (χ2n) is 11.2. The van der Waals surface area contributed by atoms with Crippen molar-refractivity contribution in [2.75, 3.05) is 61.4 Å². The van der Waals surface area contributed by atoms with Crippen LogP contribution in [0.25, 0.3) is 11.4 Å². The molecule has 11 heteroatoms. The zero-order valence-electron chi connectivity index (χ0n) is 22.4. The molecular formula is C28H37I2N6O3-. The van der Waals surface area contributed by atoms with Crippen LogP contribution in [0.15, 0.2) is 24.3 Å². The van der Waals surface area contributed by atoms with Gasteiger partial charge in [0, 0.05) is 31.7 Å². The number of benzene rings is 1. The van der Waals surface area contributed by atoms with Crippen molar-refractivity contribution in [2.24, 2.45) is 0 Å². The zero-order valence-corrected chi connectivity index (χ0v) is 26.7. The van der Waals surface area contributed by atoms with Crippen molar-refractivity contribution in [3.05, 3.63) is 35.5 Å². The van der Waals surface area contributed by atoms with Crippen LogP contribution in [0.2, 0.25) is 0 Å². The summed E-state index contributed by atoms with van der Waals surface area (Å²) >= 11 is -0.381. The first-order chi connectivity index (χ1) is 19.1. The number of aromatic nitrogens is 2. The zero-order chi connectivity index (χ0) is 26.3. The van der Waals surface area contributed by atoms with Gasteiger partial charge in [-0.15, -0.1) is 0 Å². The van der Waals surface area contributed by atoms with E-state index < -0.39 is 19.8 Å². The quantitative estimate of drug-likeness (QED) is 0.316. The molecule has 2 amide bonds. The number of amides is 2. The SMILES string of the molecule is CI1C[I-]CC1CNC(=O)Nc1ccc(-c2nc3c(c(N4CC5CCC(C4)O5)n2)CCN(C2COC2)C3)cc1. The molecule has 0 spiro atoms. The number of alkyl halides is 5. The molecule has 4 fully saturated rings. The molecule has 39 heavy (non-hydrogen) atoms. The minimum atomic E-state index is -0.787. The normalized spacial score (nSPS) is 28.0. The van der Waals surface area contributed by atoms with E-state index in [0.29, 0.717) is 39.5 Å². The van der Waals surface area contributed by atoms with E-state index in [1.807, 2.05) is 24.3 Å². The maximum atomic E-state index is 12.5. The molecular weight excluding hydrogens is 722 g/mol. The van der Waals surface area contributed by atoms with E-state index >= 15 is 0 Å². The van der Waals surface area contributed by atoms with Crippen LogP contribution in [0.5, 0.6) is 0 Å². The number of morpholine rings is 1. The number of halogens is 2. The Hall–Kier alpha value is -1.29. The van der Waals surface area contributed by atoms with Crippen molar-refractivity contribution in [2.45, 2.75) is 48.0 Å². The van der Waals surface area contributed by atoms with E-state index in [1.165, 1.54) is 12.4 Å². The molecule has 2 bridgehead atoms. The molecule has 0 saturated carbocycles. The molecule has 1 aromatic heterocycles. The van der Waals surface area contributed by atoms with E-state index in [-0.39, 0.29) is 6.03 Å². The van der Waals surface area contributed by atoms with E-state index in [4.69, 9.17) is 19.4 Å². The first-order valence-corrected chi connectivity index (χ1v) is 21.9. The predicted molar refractivity (Wildman–Crippen MR) is 157 cm³/mol. The Morgan fingerprint density at radius 1 is 1.15 bits per heavy atom. The summed E-state index contributed by atoms with van der Waals surface area (Å²) in [4.78, 5) is 30.3. The monoisotopic (exact) mass is 759 g/mol. The van der Waals surface area contributed by atoms with Gasteiger partial charge in [-0.3, -0.25) is 4.90 Å². The second-order valence-corrected chi connectivity index (χ2v) is 23.0. The molecule has 212 valence electrons. The number of ether oxygens (including phenoxy) is 2. The number of carbonyl (C=O) groups excluding carboxylic acids is 1. The number of nitrogens with one attached hydrogen (secondary N) is 2. The molecule has 3 atom stereocenters. The Bertz CT molecular complexity index is 1200. The van der Waals surface area contributed by atoms with Gasteiger partial charge in [0.25, 0.3) is 0 Å². The van der Waals surface area contributed by atoms with E-state index in [1.54, 1.807) is 0 Å². The molecule has 2 N–H and O–H groups in total. The fourth-order valence-electron chi connectivity index (χ4n) is 6.08. The van der Waals surface area contributed by atoms with Crippen LogP contribution in [-0.4, -0.2) is 94.3 Å². The summed E-state index contributed by atoms with van der Waals surface area (Å²) in [7, 11) is 0. The second kappa shape index (κ2) is 11.5. The van der Waals surface area contributed by atoms with Crippen LogP contribution in [-0.2, 0) is 22.4 Å². The summed E-state index contributed by atoms with van der Waals surface area (Å²) < 4.78 is 15.3. The molecule has 7 rings (SSSR count). The van der Waals surface area contributed by atoms with Gasteiger partial charge in [-0.05, 0) is 19.3 Å². The first kappa shape index (κ1) is 26.6. The molecule has 6 heterocycles. The van der Waals surface area contributed by atoms with Crippen molar-refractivity contribution < 1.29 is 35.5 Å². The third-order valence-corrected chi connectivity index (χ3v) is 25.9. The van der Waals surface area contributed by atoms with Crippen molar-refractivity contribution in [3.8, 4) is 11.4 Å². The summed E-state index contributed by atoms with van der Waals surface area (Å²) in [6, 6.07) is 8.38. The number of nitrogens with zero attached hydrogens (tertiary/aromatic N) is 4. The van der Waals surface area contributed by atoms with Gasteiger partial charge in [0.15, 0.2) is 0 Å². The standard InChI is InChI=1S/C28H37I2N6O3/c1-30-17-29-10-19(30)11-31-28(37)32-20-4-2-18(3-5-20)26-33-25-14-35(21-15-38-16-21)9-8-24(25)27(34-26)36-12-22-6-7-23(13-36)39-22/h2-5,19,21-23H,6-17H2,1H3,(H2,31,32,37)/q-1. The van der Waals surface area contributed by atoms with Crippen molar-refractivity contribution in [3.63, 3.8) is 0 Å². The first-order valence-electron chi connectivity index (χ1n) is 13.9. The minimum absolute atomic E-state index is 0.105. The van der Waals surface area contributed by atoms with Crippen molar-refractivity contribution in [1.29, 1.82) is 0 Å². The number of anilines is 2. The molecule has 2 aromatic rings. The average Bonchev–Trinajstić information content (AvgIpc) is 3.49. The molecule has 9 nitrogen and oxygen atoms in total. The number of carbonyl (C=O) groups is 1. The Morgan fingerprint density at radius 2 is 1.95 bits per heavy atom. The van der Waals surface area contributed by atoms with Gasteiger partial charge in [-0.25, -0.2) is 0 Å². The predicted octanol–water partition coefficient (Wildman–Crippen LogP) is -0.0455. The number of urea groups is 1. The van der Waals surface area contributed by atoms with Crippen molar-refractivity contribution >= 4 is 37.4 Å². The fraction of sp³-hybridized carbons (Fsp3) is 0.607. The number of rotatable bonds is 6.